The predicted octanol–water partition coefficient (Wildman–Crippen LogP) is 4.59. The molecule has 238 valence electrons. The van der Waals surface area contributed by atoms with Gasteiger partial charge in [0.1, 0.15) is 28.9 Å². The molecule has 0 fully saturated rings. The van der Waals surface area contributed by atoms with Crippen molar-refractivity contribution in [3.8, 4) is 0 Å². The second-order valence-electron chi connectivity index (χ2n) is 9.89. The van der Waals surface area contributed by atoms with Crippen LogP contribution >= 0.6 is 11.6 Å². The molecule has 1 heterocycles. The van der Waals surface area contributed by atoms with Gasteiger partial charge >= 0.3 is 11.9 Å². The molecule has 0 aliphatic carbocycles. The first-order valence-corrected chi connectivity index (χ1v) is 15.4. The molecule has 0 saturated heterocycles. The molecule has 11 nitrogen and oxygen atoms in total. The van der Waals surface area contributed by atoms with Crippen LogP contribution in [0.25, 0.3) is 0 Å². The van der Waals surface area contributed by atoms with Gasteiger partial charge in [-0.15, -0.1) is 0 Å². The summed E-state index contributed by atoms with van der Waals surface area (Å²) in [6, 6.07) is 7.01. The lowest BCUT2D eigenvalue weighted by Crippen LogP contribution is -2.42. The number of Topliss-reactive ketones (excluding diaryl/α,β-unsaturated/α-hetero) is 1. The minimum absolute atomic E-state index is 0.0216. The van der Waals surface area contributed by atoms with Crippen molar-refractivity contribution in [3.05, 3.63) is 82.3 Å². The lowest BCUT2D eigenvalue weighted by atomic mass is 10.0. The molecule has 44 heavy (non-hydrogen) atoms. The van der Waals surface area contributed by atoms with E-state index in [-0.39, 0.29) is 48.0 Å². The first kappa shape index (κ1) is 34.6. The molecule has 1 unspecified atom stereocenters. The molecule has 0 saturated carbocycles. The van der Waals surface area contributed by atoms with Crippen molar-refractivity contribution in [2.75, 3.05) is 18.5 Å². The fourth-order valence-corrected chi connectivity index (χ4v) is 5.18. The summed E-state index contributed by atoms with van der Waals surface area (Å²) in [6.45, 7) is 3.26. The summed E-state index contributed by atoms with van der Waals surface area (Å²) in [7, 11) is -4.23. The number of nitrogens with two attached hydrogens (primary N) is 1. The number of hydrogen-bond acceptors (Lipinski definition) is 10. The van der Waals surface area contributed by atoms with Gasteiger partial charge < -0.3 is 24.5 Å². The highest BCUT2D eigenvalue weighted by atomic mass is 35.5. The number of nitrogens with one attached hydrogen (secondary N) is 2. The zero-order valence-electron chi connectivity index (χ0n) is 23.9. The van der Waals surface area contributed by atoms with Gasteiger partial charge in [-0.25, -0.2) is 27.1 Å². The van der Waals surface area contributed by atoms with Crippen molar-refractivity contribution >= 4 is 45.0 Å². The average molecular weight is 656 g/mol. The van der Waals surface area contributed by atoms with Crippen LogP contribution in [0, 0.1) is 11.6 Å². The maximum absolute atomic E-state index is 13.4. The van der Waals surface area contributed by atoms with Crippen molar-refractivity contribution in [2.45, 2.75) is 56.6 Å². The van der Waals surface area contributed by atoms with Gasteiger partial charge in [-0.2, -0.15) is 0 Å². The number of carbonyl (C=O) groups excluding carboxylic acids is 3. The zero-order valence-corrected chi connectivity index (χ0v) is 25.5. The standard InChI is InChI=1S/C29H32ClF2N3O8S/c1-17(35-18(2)28(37)19-10-20(31)12-21(32)11-19)16-43-27(36)7-3-4-8-42-29(38)23-13-26(44(33,39)40)24(30)14-25(23)34-15-22-6-5-9-41-22/h5-6,9-14,17-18,34-35H,3-4,7-8,15-16H2,1-2H3,(H2,33,39,40)/t17?,18-/m0/s1. The molecule has 0 spiro atoms. The molecule has 0 aliphatic rings. The predicted molar refractivity (Wildman–Crippen MR) is 157 cm³/mol. The van der Waals surface area contributed by atoms with Crippen molar-refractivity contribution in [1.29, 1.82) is 0 Å². The lowest BCUT2D eigenvalue weighted by molar-refractivity contribution is -0.144. The number of unbranched alkanes of at least 4 members (excludes halogenated alkanes) is 1. The number of anilines is 1. The third-order valence-electron chi connectivity index (χ3n) is 6.21. The average Bonchev–Trinajstić information content (AvgIpc) is 3.47. The highest BCUT2D eigenvalue weighted by Gasteiger charge is 2.22. The Kier molecular flexibility index (Phi) is 12.4. The first-order chi connectivity index (χ1) is 20.7. The Morgan fingerprint density at radius 2 is 1.75 bits per heavy atom. The number of furan rings is 1. The van der Waals surface area contributed by atoms with Gasteiger partial charge in [0.2, 0.25) is 10.0 Å². The normalized spacial score (nSPS) is 12.8. The van der Waals surface area contributed by atoms with Crippen LogP contribution in [-0.2, 0) is 30.8 Å². The van der Waals surface area contributed by atoms with E-state index in [2.05, 4.69) is 10.6 Å². The molecule has 1 aromatic heterocycles. The molecule has 2 aromatic carbocycles. The van der Waals surface area contributed by atoms with E-state index in [0.29, 0.717) is 24.7 Å². The number of sulfonamides is 1. The summed E-state index contributed by atoms with van der Waals surface area (Å²) < 4.78 is 66.4. The van der Waals surface area contributed by atoms with Gasteiger partial charge in [-0.05, 0) is 63.1 Å². The van der Waals surface area contributed by atoms with Crippen LogP contribution in [0.4, 0.5) is 14.5 Å². The number of benzene rings is 2. The van der Waals surface area contributed by atoms with Crippen LogP contribution in [0.1, 0.15) is 59.6 Å². The van der Waals surface area contributed by atoms with E-state index in [4.69, 9.17) is 30.6 Å². The van der Waals surface area contributed by atoms with Crippen LogP contribution in [0.3, 0.4) is 0 Å². The van der Waals surface area contributed by atoms with E-state index in [1.54, 1.807) is 19.1 Å². The van der Waals surface area contributed by atoms with E-state index in [1.807, 2.05) is 0 Å². The van der Waals surface area contributed by atoms with Gasteiger partial charge in [-0.1, -0.05) is 11.6 Å². The number of esters is 2. The van der Waals surface area contributed by atoms with Crippen LogP contribution in [-0.4, -0.2) is 51.4 Å². The van der Waals surface area contributed by atoms with E-state index >= 15 is 0 Å². The number of carbonyl (C=O) groups is 3. The molecule has 0 aliphatic heterocycles. The van der Waals surface area contributed by atoms with Crippen LogP contribution in [0.2, 0.25) is 5.02 Å². The second kappa shape index (κ2) is 15.7. The molecule has 4 N–H and O–H groups in total. The van der Waals surface area contributed by atoms with Gasteiger partial charge in [0, 0.05) is 24.1 Å². The van der Waals surface area contributed by atoms with Gasteiger partial charge in [0.25, 0.3) is 0 Å². The summed E-state index contributed by atoms with van der Waals surface area (Å²) in [5.74, 6) is -3.04. The molecule has 15 heteroatoms. The summed E-state index contributed by atoms with van der Waals surface area (Å²) in [6.07, 6.45) is 2.12. The topological polar surface area (TPSA) is 167 Å². The first-order valence-electron chi connectivity index (χ1n) is 13.5. The largest absolute Gasteiger partial charge is 0.467 e. The Labute approximate surface area is 258 Å². The molecule has 3 rings (SSSR count). The Balaban J connectivity index is 1.44. The quantitative estimate of drug-likeness (QED) is 0.113. The Morgan fingerprint density at radius 1 is 1.05 bits per heavy atom. The minimum atomic E-state index is -4.23. The molecular formula is C29H32ClF2N3O8S. The van der Waals surface area contributed by atoms with E-state index < -0.39 is 56.4 Å². The Hall–Kier alpha value is -3.85. The molecule has 3 aromatic rings. The lowest BCUT2D eigenvalue weighted by Gasteiger charge is -2.19. The number of ketones is 1. The number of primary sulfonamides is 1. The Bertz CT molecular complexity index is 1570. The Morgan fingerprint density at radius 3 is 2.39 bits per heavy atom. The minimum Gasteiger partial charge on any atom is -0.467 e. The van der Waals surface area contributed by atoms with Crippen molar-refractivity contribution in [3.63, 3.8) is 0 Å². The van der Waals surface area contributed by atoms with Crippen LogP contribution in [0.5, 0.6) is 0 Å². The molecule has 0 bridgehead atoms. The van der Waals surface area contributed by atoms with Crippen molar-refractivity contribution < 1.29 is 45.5 Å². The number of rotatable bonds is 16. The van der Waals surface area contributed by atoms with Crippen molar-refractivity contribution in [2.24, 2.45) is 5.14 Å². The highest BCUT2D eigenvalue weighted by molar-refractivity contribution is 7.89. The van der Waals surface area contributed by atoms with Crippen molar-refractivity contribution in [1.82, 2.24) is 5.32 Å². The molecular weight excluding hydrogens is 624 g/mol. The maximum atomic E-state index is 13.4. The number of ether oxygens (including phenoxy) is 2. The fourth-order valence-electron chi connectivity index (χ4n) is 4.08. The monoisotopic (exact) mass is 655 g/mol. The summed E-state index contributed by atoms with van der Waals surface area (Å²) in [4.78, 5) is 37.0. The van der Waals surface area contributed by atoms with Gasteiger partial charge in [-0.3, -0.25) is 9.59 Å². The van der Waals surface area contributed by atoms with E-state index in [0.717, 1.165) is 18.2 Å². The zero-order chi connectivity index (χ0) is 32.4. The number of halogens is 3. The van der Waals surface area contributed by atoms with E-state index in [1.165, 1.54) is 19.3 Å². The smallest absolute Gasteiger partial charge is 0.340 e. The van der Waals surface area contributed by atoms with Crippen LogP contribution < -0.4 is 15.8 Å². The molecule has 0 amide bonds. The highest BCUT2D eigenvalue weighted by Crippen LogP contribution is 2.29. The number of hydrogen-bond donors (Lipinski definition) is 3. The van der Waals surface area contributed by atoms with E-state index in [9.17, 15) is 31.6 Å². The summed E-state index contributed by atoms with van der Waals surface area (Å²) in [5, 5.41) is 10.9. The SMILES string of the molecule is CC(COC(=O)CCCCOC(=O)c1cc(S(N)(=O)=O)c(Cl)cc1NCc1ccco1)N[C@@H](C)C(=O)c1cc(F)cc(F)c1. The third kappa shape index (κ3) is 10.4. The second-order valence-corrected chi connectivity index (χ2v) is 11.8. The summed E-state index contributed by atoms with van der Waals surface area (Å²) >= 11 is 6.08. The van der Waals surface area contributed by atoms with Gasteiger partial charge in [0.05, 0.1) is 41.7 Å². The third-order valence-corrected chi connectivity index (χ3v) is 7.58. The molecule has 0 radical (unpaired) electrons. The summed E-state index contributed by atoms with van der Waals surface area (Å²) in [5.41, 5.74) is -0.0231. The maximum Gasteiger partial charge on any atom is 0.340 e. The fraction of sp³-hybridized carbons (Fsp3) is 0.345. The van der Waals surface area contributed by atoms with Crippen LogP contribution in [0.15, 0.2) is 58.0 Å². The molecule has 2 atom stereocenters. The van der Waals surface area contributed by atoms with Gasteiger partial charge in [0.15, 0.2) is 5.78 Å².